The van der Waals surface area contributed by atoms with Gasteiger partial charge in [0.2, 0.25) is 0 Å². The molecule has 1 aliphatic rings. The molecule has 118 valence electrons. The number of aryl methyl sites for hydroxylation is 1. The number of nitrogens with zero attached hydrogens (tertiary/aromatic N) is 3. The quantitative estimate of drug-likeness (QED) is 0.712. The minimum absolute atomic E-state index is 0.702. The van der Waals surface area contributed by atoms with Gasteiger partial charge in [0.25, 0.3) is 0 Å². The van der Waals surface area contributed by atoms with Gasteiger partial charge >= 0.3 is 0 Å². The van der Waals surface area contributed by atoms with Crippen LogP contribution in [0.3, 0.4) is 0 Å². The molecule has 3 heterocycles. The van der Waals surface area contributed by atoms with Crippen molar-refractivity contribution in [1.82, 2.24) is 9.97 Å². The van der Waals surface area contributed by atoms with Crippen molar-refractivity contribution < 1.29 is 0 Å². The predicted molar refractivity (Wildman–Crippen MR) is 97.2 cm³/mol. The van der Waals surface area contributed by atoms with Crippen LogP contribution in [0.5, 0.6) is 0 Å². The zero-order valence-corrected chi connectivity index (χ0v) is 14.2. The number of fused-ring (bicyclic) bond motifs is 1. The third kappa shape index (κ3) is 2.95. The van der Waals surface area contributed by atoms with E-state index in [1.165, 1.54) is 35.8 Å². The van der Waals surface area contributed by atoms with E-state index < -0.39 is 0 Å². The Bertz CT molecular complexity index is 811. The molecule has 3 aromatic rings. The van der Waals surface area contributed by atoms with Crippen molar-refractivity contribution in [3.8, 4) is 0 Å². The average molecular weight is 323 g/mol. The number of hydrogen-bond acceptors (Lipinski definition) is 4. The molecule has 1 fully saturated rings. The van der Waals surface area contributed by atoms with Crippen LogP contribution in [0.15, 0.2) is 42.0 Å². The van der Waals surface area contributed by atoms with Crippen LogP contribution in [0.2, 0.25) is 0 Å². The Hall–Kier alpha value is -1.94. The maximum atomic E-state index is 4.58. The Morgan fingerprint density at radius 3 is 3.04 bits per heavy atom. The monoisotopic (exact) mass is 323 g/mol. The second-order valence-electron chi connectivity index (χ2n) is 6.42. The molecule has 1 atom stereocenters. The molecule has 0 N–H and O–H groups in total. The molecule has 23 heavy (non-hydrogen) atoms. The zero-order chi connectivity index (χ0) is 15.6. The molecule has 1 saturated heterocycles. The number of piperidine rings is 1. The molecule has 2 aromatic heterocycles. The smallest absolute Gasteiger partial charge is 0.140 e. The molecule has 0 amide bonds. The summed E-state index contributed by atoms with van der Waals surface area (Å²) in [5, 5.41) is 3.31. The molecule has 4 heteroatoms. The first-order chi connectivity index (χ1) is 11.3. The van der Waals surface area contributed by atoms with Crippen LogP contribution < -0.4 is 4.90 Å². The standard InChI is InChI=1S/C19H21N3S/c1-14-5-2-3-7-16(14)11-15-6-4-9-22(12-15)18-17-8-10-23-19(17)21-13-20-18/h2-3,5,7-8,10,13,15H,4,6,9,11-12H2,1H3. The Kier molecular flexibility index (Phi) is 4.00. The van der Waals surface area contributed by atoms with Crippen molar-refractivity contribution in [2.75, 3.05) is 18.0 Å². The molecule has 1 unspecified atom stereocenters. The number of benzene rings is 1. The van der Waals surface area contributed by atoms with Gasteiger partial charge in [-0.05, 0) is 54.7 Å². The lowest BCUT2D eigenvalue weighted by Gasteiger charge is -2.34. The van der Waals surface area contributed by atoms with E-state index >= 15 is 0 Å². The molecule has 0 radical (unpaired) electrons. The fourth-order valence-corrected chi connectivity index (χ4v) is 4.33. The Morgan fingerprint density at radius 2 is 2.13 bits per heavy atom. The minimum Gasteiger partial charge on any atom is -0.356 e. The Labute approximate surface area is 141 Å². The Morgan fingerprint density at radius 1 is 1.22 bits per heavy atom. The highest BCUT2D eigenvalue weighted by molar-refractivity contribution is 7.16. The largest absolute Gasteiger partial charge is 0.356 e. The third-order valence-corrected chi connectivity index (χ3v) is 5.65. The zero-order valence-electron chi connectivity index (χ0n) is 13.4. The molecule has 0 aliphatic carbocycles. The van der Waals surface area contributed by atoms with Gasteiger partial charge in [0.05, 0.1) is 5.39 Å². The molecule has 1 aliphatic heterocycles. The van der Waals surface area contributed by atoms with Crippen LogP contribution >= 0.6 is 11.3 Å². The number of rotatable bonds is 3. The van der Waals surface area contributed by atoms with Crippen LogP contribution in [0.1, 0.15) is 24.0 Å². The fraction of sp³-hybridized carbons (Fsp3) is 0.368. The first-order valence-electron chi connectivity index (χ1n) is 8.29. The van der Waals surface area contributed by atoms with Crippen molar-refractivity contribution in [2.24, 2.45) is 5.92 Å². The summed E-state index contributed by atoms with van der Waals surface area (Å²) in [6.07, 6.45) is 5.43. The van der Waals surface area contributed by atoms with Gasteiger partial charge in [0.1, 0.15) is 17.0 Å². The van der Waals surface area contributed by atoms with Gasteiger partial charge < -0.3 is 4.90 Å². The van der Waals surface area contributed by atoms with Gasteiger partial charge in [-0.1, -0.05) is 24.3 Å². The molecule has 4 rings (SSSR count). The van der Waals surface area contributed by atoms with E-state index in [-0.39, 0.29) is 0 Å². The summed E-state index contributed by atoms with van der Waals surface area (Å²) in [7, 11) is 0. The van der Waals surface area contributed by atoms with Gasteiger partial charge in [0, 0.05) is 13.1 Å². The molecule has 0 bridgehead atoms. The lowest BCUT2D eigenvalue weighted by molar-refractivity contribution is 0.411. The maximum absolute atomic E-state index is 4.58. The van der Waals surface area contributed by atoms with E-state index in [9.17, 15) is 0 Å². The molecular weight excluding hydrogens is 302 g/mol. The average Bonchev–Trinajstić information content (AvgIpc) is 3.06. The summed E-state index contributed by atoms with van der Waals surface area (Å²) in [5.41, 5.74) is 2.90. The van der Waals surface area contributed by atoms with Gasteiger partial charge in [0.15, 0.2) is 0 Å². The molecule has 0 spiro atoms. The first-order valence-corrected chi connectivity index (χ1v) is 9.17. The van der Waals surface area contributed by atoms with Crippen molar-refractivity contribution in [3.63, 3.8) is 0 Å². The maximum Gasteiger partial charge on any atom is 0.140 e. The third-order valence-electron chi connectivity index (χ3n) is 4.83. The highest BCUT2D eigenvalue weighted by Crippen LogP contribution is 2.31. The number of hydrogen-bond donors (Lipinski definition) is 0. The van der Waals surface area contributed by atoms with Crippen molar-refractivity contribution in [2.45, 2.75) is 26.2 Å². The van der Waals surface area contributed by atoms with E-state index in [1.807, 2.05) is 0 Å². The summed E-state index contributed by atoms with van der Waals surface area (Å²) in [6.45, 7) is 4.41. The lowest BCUT2D eigenvalue weighted by Crippen LogP contribution is -2.37. The van der Waals surface area contributed by atoms with Crippen molar-refractivity contribution in [1.29, 1.82) is 0 Å². The van der Waals surface area contributed by atoms with E-state index in [0.29, 0.717) is 5.92 Å². The van der Waals surface area contributed by atoms with Gasteiger partial charge in [-0.3, -0.25) is 0 Å². The summed E-state index contributed by atoms with van der Waals surface area (Å²) in [4.78, 5) is 12.5. The highest BCUT2D eigenvalue weighted by atomic mass is 32.1. The second kappa shape index (κ2) is 6.28. The van der Waals surface area contributed by atoms with Crippen LogP contribution in [-0.4, -0.2) is 23.1 Å². The van der Waals surface area contributed by atoms with Crippen LogP contribution in [0, 0.1) is 12.8 Å². The molecule has 1 aromatic carbocycles. The highest BCUT2D eigenvalue weighted by Gasteiger charge is 2.23. The van der Waals surface area contributed by atoms with Gasteiger partial charge in [-0.15, -0.1) is 11.3 Å². The molecule has 3 nitrogen and oxygen atoms in total. The van der Waals surface area contributed by atoms with Crippen LogP contribution in [-0.2, 0) is 6.42 Å². The summed E-state index contributed by atoms with van der Waals surface area (Å²) < 4.78 is 0. The topological polar surface area (TPSA) is 29.0 Å². The van der Waals surface area contributed by atoms with E-state index in [4.69, 9.17) is 0 Å². The lowest BCUT2D eigenvalue weighted by atomic mass is 9.89. The number of anilines is 1. The van der Waals surface area contributed by atoms with E-state index in [2.05, 4.69) is 57.5 Å². The first kappa shape index (κ1) is 14.6. The van der Waals surface area contributed by atoms with Crippen LogP contribution in [0.25, 0.3) is 10.2 Å². The van der Waals surface area contributed by atoms with Gasteiger partial charge in [-0.2, -0.15) is 0 Å². The molecular formula is C19H21N3S. The second-order valence-corrected chi connectivity index (χ2v) is 7.32. The normalized spacial score (nSPS) is 18.5. The number of thiophene rings is 1. The summed E-state index contributed by atoms with van der Waals surface area (Å²) in [6, 6.07) is 10.9. The van der Waals surface area contributed by atoms with Gasteiger partial charge in [-0.25, -0.2) is 9.97 Å². The summed E-state index contributed by atoms with van der Waals surface area (Å²) >= 11 is 1.69. The SMILES string of the molecule is Cc1ccccc1CC1CCCN(c2ncnc3sccc23)C1. The number of aromatic nitrogens is 2. The van der Waals surface area contributed by atoms with Crippen molar-refractivity contribution >= 4 is 27.4 Å². The minimum atomic E-state index is 0.702. The fourth-order valence-electron chi connectivity index (χ4n) is 3.60. The summed E-state index contributed by atoms with van der Waals surface area (Å²) in [5.74, 6) is 1.82. The van der Waals surface area contributed by atoms with E-state index in [0.717, 1.165) is 23.7 Å². The van der Waals surface area contributed by atoms with Crippen LogP contribution in [0.4, 0.5) is 5.82 Å². The van der Waals surface area contributed by atoms with E-state index in [1.54, 1.807) is 17.7 Å². The van der Waals surface area contributed by atoms with Crippen molar-refractivity contribution in [3.05, 3.63) is 53.2 Å². The molecule has 0 saturated carbocycles. The Balaban J connectivity index is 1.55. The predicted octanol–water partition coefficient (Wildman–Crippen LogP) is 4.46.